The van der Waals surface area contributed by atoms with E-state index in [1.807, 2.05) is 42.5 Å². The van der Waals surface area contributed by atoms with E-state index in [0.29, 0.717) is 37.7 Å². The van der Waals surface area contributed by atoms with Gasteiger partial charge in [-0.05, 0) is 41.8 Å². The lowest BCUT2D eigenvalue weighted by molar-refractivity contribution is -0.121. The second kappa shape index (κ2) is 11.4. The van der Waals surface area contributed by atoms with Crippen molar-refractivity contribution < 1.29 is 23.8 Å². The van der Waals surface area contributed by atoms with E-state index < -0.39 is 0 Å². The zero-order chi connectivity index (χ0) is 23.9. The molecule has 2 amide bonds. The first-order valence-corrected chi connectivity index (χ1v) is 11.8. The Kier molecular flexibility index (Phi) is 8.03. The quantitative estimate of drug-likeness (QED) is 0.611. The summed E-state index contributed by atoms with van der Waals surface area (Å²) in [6, 6.07) is 13.6. The van der Waals surface area contributed by atoms with E-state index >= 15 is 0 Å². The van der Waals surface area contributed by atoms with Crippen LogP contribution in [0.4, 0.5) is 5.69 Å². The predicted molar refractivity (Wildman–Crippen MR) is 129 cm³/mol. The van der Waals surface area contributed by atoms with Crippen molar-refractivity contribution in [3.8, 4) is 11.5 Å². The number of rotatable bonds is 9. The van der Waals surface area contributed by atoms with Gasteiger partial charge in [0.1, 0.15) is 0 Å². The van der Waals surface area contributed by atoms with Crippen LogP contribution in [0.5, 0.6) is 11.5 Å². The van der Waals surface area contributed by atoms with Crippen molar-refractivity contribution >= 4 is 17.5 Å². The maximum absolute atomic E-state index is 12.8. The summed E-state index contributed by atoms with van der Waals surface area (Å²) in [5, 5.41) is 3.11. The van der Waals surface area contributed by atoms with Crippen LogP contribution in [0, 0.1) is 0 Å². The third-order valence-electron chi connectivity index (χ3n) is 6.46. The van der Waals surface area contributed by atoms with Gasteiger partial charge in [0, 0.05) is 38.3 Å². The number of methoxy groups -OCH3 is 2. The van der Waals surface area contributed by atoms with Crippen LogP contribution in [0.25, 0.3) is 0 Å². The molecule has 8 heteroatoms. The minimum atomic E-state index is -0.0382. The van der Waals surface area contributed by atoms with Crippen LogP contribution < -0.4 is 19.7 Å². The van der Waals surface area contributed by atoms with Gasteiger partial charge < -0.3 is 24.4 Å². The number of anilines is 1. The zero-order valence-corrected chi connectivity index (χ0v) is 19.9. The van der Waals surface area contributed by atoms with Gasteiger partial charge in [-0.3, -0.25) is 14.5 Å². The molecule has 2 fully saturated rings. The van der Waals surface area contributed by atoms with Crippen molar-refractivity contribution in [1.82, 2.24) is 10.2 Å². The number of carbonyl (C=O) groups excluding carboxylic acids is 2. The van der Waals surface area contributed by atoms with Crippen LogP contribution >= 0.6 is 0 Å². The molecular weight excluding hydrogens is 434 g/mol. The summed E-state index contributed by atoms with van der Waals surface area (Å²) < 4.78 is 16.4. The van der Waals surface area contributed by atoms with Crippen molar-refractivity contribution in [3.63, 3.8) is 0 Å². The Labute approximate surface area is 200 Å². The molecule has 2 aliphatic heterocycles. The minimum Gasteiger partial charge on any atom is -0.493 e. The van der Waals surface area contributed by atoms with Crippen molar-refractivity contribution in [3.05, 3.63) is 53.6 Å². The summed E-state index contributed by atoms with van der Waals surface area (Å²) in [4.78, 5) is 28.9. The fourth-order valence-electron chi connectivity index (χ4n) is 4.58. The Morgan fingerprint density at radius 1 is 1.03 bits per heavy atom. The van der Waals surface area contributed by atoms with Gasteiger partial charge in [0.05, 0.1) is 39.9 Å². The van der Waals surface area contributed by atoms with Crippen LogP contribution in [-0.2, 0) is 20.7 Å². The van der Waals surface area contributed by atoms with Gasteiger partial charge in [-0.2, -0.15) is 0 Å². The molecule has 1 unspecified atom stereocenters. The van der Waals surface area contributed by atoms with Gasteiger partial charge in [0.25, 0.3) is 0 Å². The van der Waals surface area contributed by atoms with Crippen LogP contribution in [0.3, 0.4) is 0 Å². The van der Waals surface area contributed by atoms with Crippen molar-refractivity contribution in [2.45, 2.75) is 25.3 Å². The van der Waals surface area contributed by atoms with Crippen molar-refractivity contribution in [2.24, 2.45) is 0 Å². The van der Waals surface area contributed by atoms with E-state index in [0.717, 1.165) is 42.9 Å². The summed E-state index contributed by atoms with van der Waals surface area (Å²) in [6.07, 6.45) is 1.79. The molecule has 2 saturated heterocycles. The molecular formula is C26H33N3O5. The zero-order valence-electron chi connectivity index (χ0n) is 19.9. The molecule has 0 radical (unpaired) electrons. The van der Waals surface area contributed by atoms with Gasteiger partial charge in [-0.15, -0.1) is 0 Å². The standard InChI is InChI=1S/C26H33N3O5/c1-32-23-10-7-20(17-24(23)33-2)22(28-12-14-34-15-13-28)18-27-25(30)16-19-5-8-21(9-6-19)29-11-3-4-26(29)31/h5-10,17,22H,3-4,11-16,18H2,1-2H3,(H,27,30). The number of nitrogens with zero attached hydrogens (tertiary/aromatic N) is 2. The highest BCUT2D eigenvalue weighted by Crippen LogP contribution is 2.32. The Morgan fingerprint density at radius 2 is 1.76 bits per heavy atom. The molecule has 2 aliphatic rings. The molecule has 34 heavy (non-hydrogen) atoms. The highest BCUT2D eigenvalue weighted by molar-refractivity contribution is 5.95. The van der Waals surface area contributed by atoms with Crippen molar-refractivity contribution in [1.29, 1.82) is 0 Å². The Balaban J connectivity index is 1.40. The first kappa shape index (κ1) is 24.0. The maximum Gasteiger partial charge on any atom is 0.227 e. The predicted octanol–water partition coefficient (Wildman–Crippen LogP) is 2.56. The summed E-state index contributed by atoms with van der Waals surface area (Å²) in [5.41, 5.74) is 2.87. The van der Waals surface area contributed by atoms with E-state index in [2.05, 4.69) is 10.2 Å². The molecule has 1 N–H and O–H groups in total. The summed E-state index contributed by atoms with van der Waals surface area (Å²) in [5.74, 6) is 1.47. The van der Waals surface area contributed by atoms with Crippen LogP contribution in [-0.4, -0.2) is 70.3 Å². The molecule has 0 aromatic heterocycles. The number of nitrogens with one attached hydrogen (secondary N) is 1. The van der Waals surface area contributed by atoms with Gasteiger partial charge in [0.2, 0.25) is 11.8 Å². The lowest BCUT2D eigenvalue weighted by Gasteiger charge is -2.35. The second-order valence-electron chi connectivity index (χ2n) is 8.57. The summed E-state index contributed by atoms with van der Waals surface area (Å²) in [6.45, 7) is 4.18. The van der Waals surface area contributed by atoms with Crippen molar-refractivity contribution in [2.75, 3.05) is 58.5 Å². The number of morpholine rings is 1. The normalized spacial score (nSPS) is 17.5. The van der Waals surface area contributed by atoms with E-state index in [4.69, 9.17) is 14.2 Å². The molecule has 0 saturated carbocycles. The second-order valence-corrected chi connectivity index (χ2v) is 8.57. The molecule has 4 rings (SSSR count). The van der Waals surface area contributed by atoms with Crippen LogP contribution in [0.2, 0.25) is 0 Å². The topological polar surface area (TPSA) is 80.3 Å². The highest BCUT2D eigenvalue weighted by Gasteiger charge is 2.25. The van der Waals surface area contributed by atoms with Gasteiger partial charge in [-0.1, -0.05) is 18.2 Å². The molecule has 0 aliphatic carbocycles. The average molecular weight is 468 g/mol. The third-order valence-corrected chi connectivity index (χ3v) is 6.46. The molecule has 2 aromatic carbocycles. The number of hydrogen-bond donors (Lipinski definition) is 1. The Morgan fingerprint density at radius 3 is 2.41 bits per heavy atom. The number of amides is 2. The molecule has 8 nitrogen and oxygen atoms in total. The largest absolute Gasteiger partial charge is 0.493 e. The van der Waals surface area contributed by atoms with E-state index in [1.165, 1.54) is 0 Å². The lowest BCUT2D eigenvalue weighted by Crippen LogP contribution is -2.44. The van der Waals surface area contributed by atoms with Crippen LogP contribution in [0.1, 0.15) is 30.0 Å². The molecule has 182 valence electrons. The third kappa shape index (κ3) is 5.69. The van der Waals surface area contributed by atoms with E-state index in [-0.39, 0.29) is 24.3 Å². The van der Waals surface area contributed by atoms with Gasteiger partial charge >= 0.3 is 0 Å². The fourth-order valence-corrected chi connectivity index (χ4v) is 4.58. The number of hydrogen-bond acceptors (Lipinski definition) is 6. The Hall–Kier alpha value is -3.10. The first-order chi connectivity index (χ1) is 16.6. The molecule has 2 aromatic rings. The van der Waals surface area contributed by atoms with Gasteiger partial charge in [-0.25, -0.2) is 0 Å². The fraction of sp³-hybridized carbons (Fsp3) is 0.462. The molecule has 2 heterocycles. The Bertz CT molecular complexity index is 988. The van der Waals surface area contributed by atoms with E-state index in [1.54, 1.807) is 19.1 Å². The number of carbonyl (C=O) groups is 2. The summed E-state index contributed by atoms with van der Waals surface area (Å²) in [7, 11) is 3.24. The van der Waals surface area contributed by atoms with E-state index in [9.17, 15) is 9.59 Å². The number of ether oxygens (including phenoxy) is 3. The lowest BCUT2D eigenvalue weighted by atomic mass is 10.0. The number of benzene rings is 2. The minimum absolute atomic E-state index is 0.00351. The molecule has 0 bridgehead atoms. The monoisotopic (exact) mass is 467 g/mol. The van der Waals surface area contributed by atoms with Gasteiger partial charge in [0.15, 0.2) is 11.5 Å². The summed E-state index contributed by atoms with van der Waals surface area (Å²) >= 11 is 0. The maximum atomic E-state index is 12.8. The highest BCUT2D eigenvalue weighted by atomic mass is 16.5. The molecule has 0 spiro atoms. The smallest absolute Gasteiger partial charge is 0.227 e. The first-order valence-electron chi connectivity index (χ1n) is 11.8. The SMILES string of the molecule is COc1ccc(C(CNC(=O)Cc2ccc(N3CCCC3=O)cc2)N2CCOCC2)cc1OC. The molecule has 1 atom stereocenters. The van der Waals surface area contributed by atoms with Crippen LogP contribution in [0.15, 0.2) is 42.5 Å². The average Bonchev–Trinajstić information content (AvgIpc) is 3.31.